The zero-order valence-corrected chi connectivity index (χ0v) is 9.10. The number of halogens is 1. The van der Waals surface area contributed by atoms with E-state index >= 15 is 0 Å². The molecule has 0 aliphatic carbocycles. The van der Waals surface area contributed by atoms with E-state index < -0.39 is 5.97 Å². The zero-order valence-electron chi connectivity index (χ0n) is 7.47. The van der Waals surface area contributed by atoms with Crippen LogP contribution < -0.4 is 0 Å². The topological polar surface area (TPSA) is 57.6 Å². The molecule has 0 saturated carbocycles. The van der Waals surface area contributed by atoms with Crippen molar-refractivity contribution in [3.63, 3.8) is 0 Å². The Labute approximate surface area is 91.7 Å². The second-order valence-electron chi connectivity index (χ2n) is 3.13. The number of rotatable bonds is 1. The first-order valence-electron chi connectivity index (χ1n) is 4.01. The molecule has 2 heterocycles. The summed E-state index contributed by atoms with van der Waals surface area (Å²) >= 11 is 1.53. The lowest BCUT2D eigenvalue weighted by atomic mass is 10.1. The number of carboxylic acid groups (broad SMARTS) is 1. The minimum absolute atomic E-state index is 0. The van der Waals surface area contributed by atoms with E-state index in [0.29, 0.717) is 12.0 Å². The molecule has 0 radical (unpaired) electrons. The lowest BCUT2D eigenvalue weighted by molar-refractivity contribution is -0.138. The predicted octanol–water partition coefficient (Wildman–Crippen LogP) is 1.07. The summed E-state index contributed by atoms with van der Waals surface area (Å²) in [6.07, 6.45) is 2.01. The lowest BCUT2D eigenvalue weighted by Gasteiger charge is -2.42. The Kier molecular flexibility index (Phi) is 3.11. The fraction of sp³-hybridized carbons (Fsp3) is 0.500. The largest absolute Gasteiger partial charge is 0.478 e. The molecule has 78 valence electrons. The number of hydrogen-bond donors (Lipinski definition) is 1. The van der Waals surface area contributed by atoms with Crippen molar-refractivity contribution < 1.29 is 14.7 Å². The van der Waals surface area contributed by atoms with Gasteiger partial charge in [-0.1, -0.05) is 0 Å². The van der Waals surface area contributed by atoms with Gasteiger partial charge in [-0.25, -0.2) is 4.79 Å². The molecule has 2 aliphatic heterocycles. The highest BCUT2D eigenvalue weighted by Crippen LogP contribution is 2.39. The maximum absolute atomic E-state index is 11.0. The Bertz CT molecular complexity index is 318. The number of carbonyl (C=O) groups excluding carboxylic acids is 1. The molecule has 4 nitrogen and oxygen atoms in total. The molecular formula is C8H10ClNO3S. The van der Waals surface area contributed by atoms with Gasteiger partial charge in [0.25, 0.3) is 0 Å². The molecule has 0 aromatic rings. The third kappa shape index (κ3) is 1.62. The van der Waals surface area contributed by atoms with E-state index in [1.807, 2.05) is 6.92 Å². The maximum Gasteiger partial charge on any atom is 0.334 e. The van der Waals surface area contributed by atoms with Gasteiger partial charge >= 0.3 is 5.97 Å². The van der Waals surface area contributed by atoms with Crippen LogP contribution in [0.1, 0.15) is 13.3 Å². The van der Waals surface area contributed by atoms with Gasteiger partial charge in [0.1, 0.15) is 0 Å². The highest BCUT2D eigenvalue weighted by Gasteiger charge is 2.41. The van der Waals surface area contributed by atoms with Gasteiger partial charge in [-0.05, 0) is 6.92 Å². The number of hydrogen-bond acceptors (Lipinski definition) is 3. The van der Waals surface area contributed by atoms with Crippen molar-refractivity contribution in [2.75, 3.05) is 0 Å². The molecule has 0 spiro atoms. The first-order valence-corrected chi connectivity index (χ1v) is 4.95. The quantitative estimate of drug-likeness (QED) is 0.691. The van der Waals surface area contributed by atoms with Gasteiger partial charge in [0.05, 0.1) is 17.4 Å². The molecule has 0 aromatic heterocycles. The summed E-state index contributed by atoms with van der Waals surface area (Å²) in [6.45, 7) is 1.85. The molecule has 0 bridgehead atoms. The summed E-state index contributed by atoms with van der Waals surface area (Å²) in [5, 5.41) is 8.95. The molecule has 0 aromatic carbocycles. The van der Waals surface area contributed by atoms with Crippen LogP contribution in [0.2, 0.25) is 0 Å². The predicted molar refractivity (Wildman–Crippen MR) is 55.3 cm³/mol. The number of fused-ring (bicyclic) bond motifs is 1. The van der Waals surface area contributed by atoms with Gasteiger partial charge in [0, 0.05) is 11.4 Å². The summed E-state index contributed by atoms with van der Waals surface area (Å²) in [4.78, 5) is 23.3. The molecule has 1 amide bonds. The van der Waals surface area contributed by atoms with Crippen LogP contribution >= 0.6 is 24.2 Å². The number of amides is 1. The number of carbonyl (C=O) groups is 2. The van der Waals surface area contributed by atoms with Crippen molar-refractivity contribution in [1.82, 2.24) is 4.90 Å². The van der Waals surface area contributed by atoms with Crippen molar-refractivity contribution in [2.24, 2.45) is 0 Å². The molecule has 1 unspecified atom stereocenters. The molecule has 14 heavy (non-hydrogen) atoms. The zero-order chi connectivity index (χ0) is 9.59. The molecule has 2 aliphatic rings. The SMILES string of the molecule is CC1S[C@@H]2CC(=O)N2C=C1C(=O)O.Cl. The second kappa shape index (κ2) is 3.82. The van der Waals surface area contributed by atoms with Crippen LogP contribution in [0, 0.1) is 0 Å². The van der Waals surface area contributed by atoms with Gasteiger partial charge in [-0.15, -0.1) is 24.2 Å². The number of aliphatic carboxylic acids is 1. The fourth-order valence-electron chi connectivity index (χ4n) is 1.46. The first kappa shape index (κ1) is 11.4. The number of β-lactam (4-membered cyclic amide) rings is 1. The minimum atomic E-state index is -0.932. The maximum atomic E-state index is 11.0. The van der Waals surface area contributed by atoms with Crippen molar-refractivity contribution >= 4 is 36.0 Å². The van der Waals surface area contributed by atoms with Crippen molar-refractivity contribution in [3.05, 3.63) is 11.8 Å². The van der Waals surface area contributed by atoms with Crippen molar-refractivity contribution in [3.8, 4) is 0 Å². The minimum Gasteiger partial charge on any atom is -0.478 e. The third-order valence-corrected chi connectivity index (χ3v) is 3.64. The lowest BCUT2D eigenvalue weighted by Crippen LogP contribution is -2.50. The molecule has 2 rings (SSSR count). The van der Waals surface area contributed by atoms with Crippen LogP contribution in [0.3, 0.4) is 0 Å². The number of carboxylic acids is 1. The van der Waals surface area contributed by atoms with E-state index in [4.69, 9.17) is 5.11 Å². The van der Waals surface area contributed by atoms with Crippen LogP contribution in [-0.4, -0.2) is 32.5 Å². The monoisotopic (exact) mass is 235 g/mol. The van der Waals surface area contributed by atoms with Gasteiger partial charge < -0.3 is 10.0 Å². The van der Waals surface area contributed by atoms with Crippen molar-refractivity contribution in [2.45, 2.75) is 24.0 Å². The summed E-state index contributed by atoms with van der Waals surface area (Å²) in [6, 6.07) is 0. The van der Waals surface area contributed by atoms with E-state index in [2.05, 4.69) is 0 Å². The Morgan fingerprint density at radius 2 is 2.36 bits per heavy atom. The van der Waals surface area contributed by atoms with E-state index in [9.17, 15) is 9.59 Å². The third-order valence-electron chi connectivity index (χ3n) is 2.27. The summed E-state index contributed by atoms with van der Waals surface area (Å²) in [5.41, 5.74) is 0.314. The molecule has 1 fully saturated rings. The summed E-state index contributed by atoms with van der Waals surface area (Å²) in [5.74, 6) is -0.915. The number of nitrogens with zero attached hydrogens (tertiary/aromatic N) is 1. The second-order valence-corrected chi connectivity index (χ2v) is 4.65. The van der Waals surface area contributed by atoms with E-state index in [0.717, 1.165) is 0 Å². The van der Waals surface area contributed by atoms with Gasteiger partial charge in [0.15, 0.2) is 0 Å². The van der Waals surface area contributed by atoms with Crippen LogP contribution in [0.25, 0.3) is 0 Å². The summed E-state index contributed by atoms with van der Waals surface area (Å²) in [7, 11) is 0. The average Bonchev–Trinajstić information content (AvgIpc) is 2.02. The Hall–Kier alpha value is -0.680. The summed E-state index contributed by atoms with van der Waals surface area (Å²) < 4.78 is 0. The normalized spacial score (nSPS) is 29.6. The Morgan fingerprint density at radius 3 is 2.86 bits per heavy atom. The highest BCUT2D eigenvalue weighted by molar-refractivity contribution is 8.00. The van der Waals surface area contributed by atoms with Crippen LogP contribution in [0.5, 0.6) is 0 Å². The van der Waals surface area contributed by atoms with Gasteiger partial charge in [0.2, 0.25) is 5.91 Å². The Morgan fingerprint density at radius 1 is 1.71 bits per heavy atom. The van der Waals surface area contributed by atoms with Gasteiger partial charge in [-0.3, -0.25) is 4.79 Å². The van der Waals surface area contributed by atoms with E-state index in [1.165, 1.54) is 22.9 Å². The van der Waals surface area contributed by atoms with Gasteiger partial charge in [-0.2, -0.15) is 0 Å². The number of thioether (sulfide) groups is 1. The fourth-order valence-corrected chi connectivity index (χ4v) is 2.79. The standard InChI is InChI=1S/C8H9NO3S.ClH/c1-4-5(8(11)12)3-9-6(10)2-7(9)13-4;/h3-4,7H,2H2,1H3,(H,11,12);1H/t4?,7-;/m1./s1. The average molecular weight is 236 g/mol. The smallest absolute Gasteiger partial charge is 0.334 e. The first-order chi connectivity index (χ1) is 6.09. The van der Waals surface area contributed by atoms with Crippen LogP contribution in [0.4, 0.5) is 0 Å². The molecule has 2 atom stereocenters. The van der Waals surface area contributed by atoms with Crippen LogP contribution in [0.15, 0.2) is 11.8 Å². The molecule has 1 saturated heterocycles. The highest BCUT2D eigenvalue weighted by atomic mass is 35.5. The molecular weight excluding hydrogens is 226 g/mol. The van der Waals surface area contributed by atoms with E-state index in [1.54, 1.807) is 0 Å². The van der Waals surface area contributed by atoms with Crippen molar-refractivity contribution in [1.29, 1.82) is 0 Å². The molecule has 1 N–H and O–H groups in total. The molecule has 6 heteroatoms. The van der Waals surface area contributed by atoms with E-state index in [-0.39, 0.29) is 28.9 Å². The Balaban J connectivity index is 0.000000980. The van der Waals surface area contributed by atoms with Crippen LogP contribution in [-0.2, 0) is 9.59 Å².